The lowest BCUT2D eigenvalue weighted by atomic mass is 10.1. The van der Waals surface area contributed by atoms with E-state index in [1.54, 1.807) is 7.11 Å². The van der Waals surface area contributed by atoms with Crippen LogP contribution in [0.2, 0.25) is 0 Å². The molecule has 9 heteroatoms. The van der Waals surface area contributed by atoms with Crippen LogP contribution in [0.3, 0.4) is 0 Å². The number of rotatable bonds is 6. The maximum Gasteiger partial charge on any atom is 0.263 e. The van der Waals surface area contributed by atoms with Crippen LogP contribution in [0.15, 0.2) is 53.7 Å². The normalized spacial score (nSPS) is 18.5. The van der Waals surface area contributed by atoms with E-state index in [9.17, 15) is 4.79 Å². The minimum atomic E-state index is -0.145. The van der Waals surface area contributed by atoms with Crippen molar-refractivity contribution in [2.45, 2.75) is 0 Å². The molecule has 3 heterocycles. The predicted octanol–water partition coefficient (Wildman–Crippen LogP) is 3.28. The number of imidazole rings is 1. The number of piperazine rings is 1. The van der Waals surface area contributed by atoms with E-state index in [2.05, 4.69) is 55.0 Å². The zero-order valence-corrected chi connectivity index (χ0v) is 20.0. The van der Waals surface area contributed by atoms with E-state index >= 15 is 0 Å². The average Bonchev–Trinajstić information content (AvgIpc) is 3.40. The first-order valence-electron chi connectivity index (χ1n) is 10.9. The molecule has 2 aromatic carbocycles. The van der Waals surface area contributed by atoms with Crippen molar-refractivity contribution >= 4 is 57.0 Å². The molecule has 33 heavy (non-hydrogen) atoms. The van der Waals surface area contributed by atoms with Gasteiger partial charge in [0.25, 0.3) is 5.91 Å². The second kappa shape index (κ2) is 9.64. The molecule has 0 radical (unpaired) electrons. The highest BCUT2D eigenvalue weighted by molar-refractivity contribution is 8.26. The first-order valence-corrected chi connectivity index (χ1v) is 12.1. The third-order valence-electron chi connectivity index (χ3n) is 5.97. The Morgan fingerprint density at radius 2 is 1.97 bits per heavy atom. The molecule has 0 atom stereocenters. The summed E-state index contributed by atoms with van der Waals surface area (Å²) in [6.07, 6.45) is 3.73. The summed E-state index contributed by atoms with van der Waals surface area (Å²) < 4.78 is 7.80. The zero-order chi connectivity index (χ0) is 22.8. The van der Waals surface area contributed by atoms with E-state index in [0.717, 1.165) is 61.6 Å². The van der Waals surface area contributed by atoms with E-state index in [0.29, 0.717) is 9.23 Å². The van der Waals surface area contributed by atoms with Gasteiger partial charge in [0.1, 0.15) is 10.6 Å². The van der Waals surface area contributed by atoms with E-state index < -0.39 is 0 Å². The molecule has 5 rings (SSSR count). The minimum Gasteiger partial charge on any atom is -0.383 e. The first kappa shape index (κ1) is 22.1. The summed E-state index contributed by atoms with van der Waals surface area (Å²) in [6, 6.07) is 14.6. The maximum absolute atomic E-state index is 12.0. The lowest BCUT2D eigenvalue weighted by Gasteiger charge is -2.36. The largest absolute Gasteiger partial charge is 0.383 e. The number of carbonyl (C=O) groups excluding carboxylic acids is 1. The molecule has 1 aromatic heterocycles. The fraction of sp³-hybridized carbons (Fsp3) is 0.292. The van der Waals surface area contributed by atoms with E-state index in [4.69, 9.17) is 17.0 Å². The monoisotopic (exact) mass is 479 g/mol. The van der Waals surface area contributed by atoms with Gasteiger partial charge in [-0.3, -0.25) is 14.3 Å². The standard InChI is InChI=1S/C24H25N5O2S2/c1-31-12-11-27-7-9-28(10-8-27)18-3-2-4-19(15-18)29-16-25-20-6-5-17(13-21(20)29)14-22-23(30)26-24(32)33-22/h2-6,13-16H,7-12H2,1H3,(H,26,30,32). The highest BCUT2D eigenvalue weighted by atomic mass is 32.2. The van der Waals surface area contributed by atoms with Crippen molar-refractivity contribution in [2.24, 2.45) is 0 Å². The Labute approximate surface area is 202 Å². The van der Waals surface area contributed by atoms with Crippen LogP contribution in [-0.4, -0.2) is 71.1 Å². The molecule has 3 aromatic rings. The van der Waals surface area contributed by atoms with Crippen LogP contribution in [-0.2, 0) is 9.53 Å². The van der Waals surface area contributed by atoms with Crippen LogP contribution in [0.25, 0.3) is 22.8 Å². The molecule has 0 unspecified atom stereocenters. The quantitative estimate of drug-likeness (QED) is 0.430. The van der Waals surface area contributed by atoms with Crippen molar-refractivity contribution in [2.75, 3.05) is 51.3 Å². The summed E-state index contributed by atoms with van der Waals surface area (Å²) in [7, 11) is 1.75. The van der Waals surface area contributed by atoms with Gasteiger partial charge < -0.3 is 15.0 Å². The van der Waals surface area contributed by atoms with Crippen molar-refractivity contribution in [1.82, 2.24) is 19.8 Å². The van der Waals surface area contributed by atoms with Gasteiger partial charge in [0.15, 0.2) is 0 Å². The van der Waals surface area contributed by atoms with Gasteiger partial charge in [-0.05, 0) is 42.0 Å². The summed E-state index contributed by atoms with van der Waals surface area (Å²) in [6.45, 7) is 5.82. The minimum absolute atomic E-state index is 0.145. The number of ether oxygens (including phenoxy) is 1. The van der Waals surface area contributed by atoms with Crippen LogP contribution >= 0.6 is 24.0 Å². The molecule has 0 aliphatic carbocycles. The molecule has 7 nitrogen and oxygen atoms in total. The third kappa shape index (κ3) is 4.81. The first-order chi connectivity index (χ1) is 16.1. The van der Waals surface area contributed by atoms with Gasteiger partial charge >= 0.3 is 0 Å². The molecule has 0 spiro atoms. The second-order valence-electron chi connectivity index (χ2n) is 8.06. The van der Waals surface area contributed by atoms with E-state index in [1.807, 2.05) is 24.5 Å². The number of anilines is 1. The second-order valence-corrected chi connectivity index (χ2v) is 9.78. The number of thioether (sulfide) groups is 1. The Hall–Kier alpha value is -2.72. The number of carbonyl (C=O) groups is 1. The van der Waals surface area contributed by atoms with Crippen LogP contribution in [0.5, 0.6) is 0 Å². The fourth-order valence-electron chi connectivity index (χ4n) is 4.18. The molecule has 2 fully saturated rings. The van der Waals surface area contributed by atoms with Gasteiger partial charge in [0.2, 0.25) is 0 Å². The van der Waals surface area contributed by atoms with Gasteiger partial charge in [0, 0.05) is 51.2 Å². The Morgan fingerprint density at radius 3 is 2.73 bits per heavy atom. The molecular weight excluding hydrogens is 454 g/mol. The Balaban J connectivity index is 1.39. The van der Waals surface area contributed by atoms with Crippen molar-refractivity contribution < 1.29 is 9.53 Å². The number of aromatic nitrogens is 2. The van der Waals surface area contributed by atoms with E-state index in [-0.39, 0.29) is 5.91 Å². The number of benzene rings is 2. The summed E-state index contributed by atoms with van der Waals surface area (Å²) >= 11 is 6.38. The van der Waals surface area contributed by atoms with Crippen LogP contribution in [0.4, 0.5) is 5.69 Å². The molecule has 1 amide bonds. The van der Waals surface area contributed by atoms with Crippen molar-refractivity contribution in [3.05, 3.63) is 59.3 Å². The smallest absolute Gasteiger partial charge is 0.263 e. The number of hydrogen-bond acceptors (Lipinski definition) is 7. The lowest BCUT2D eigenvalue weighted by Crippen LogP contribution is -2.47. The highest BCUT2D eigenvalue weighted by Gasteiger charge is 2.22. The molecule has 2 saturated heterocycles. The number of nitrogens with zero attached hydrogens (tertiary/aromatic N) is 4. The van der Waals surface area contributed by atoms with Crippen molar-refractivity contribution in [3.63, 3.8) is 0 Å². The highest BCUT2D eigenvalue weighted by Crippen LogP contribution is 2.28. The molecular formula is C24H25N5O2S2. The number of fused-ring (bicyclic) bond motifs is 1. The molecule has 0 saturated carbocycles. The van der Waals surface area contributed by atoms with Gasteiger partial charge in [0.05, 0.1) is 22.5 Å². The maximum atomic E-state index is 12.0. The number of methoxy groups -OCH3 is 1. The molecule has 170 valence electrons. The number of nitrogens with one attached hydrogen (secondary N) is 1. The van der Waals surface area contributed by atoms with Gasteiger partial charge in [-0.15, -0.1) is 0 Å². The SMILES string of the molecule is COCCN1CCN(c2cccc(-n3cnc4ccc(C=C5SC(=S)NC5=O)cc43)c2)CC1. The number of amides is 1. The Morgan fingerprint density at radius 1 is 1.15 bits per heavy atom. The van der Waals surface area contributed by atoms with Gasteiger partial charge in [-0.2, -0.15) is 0 Å². The zero-order valence-electron chi connectivity index (χ0n) is 18.4. The summed E-state index contributed by atoms with van der Waals surface area (Å²) in [4.78, 5) is 22.1. The van der Waals surface area contributed by atoms with Crippen molar-refractivity contribution in [1.29, 1.82) is 0 Å². The van der Waals surface area contributed by atoms with E-state index in [1.165, 1.54) is 17.4 Å². The molecule has 2 aliphatic rings. The van der Waals surface area contributed by atoms with Crippen molar-refractivity contribution in [3.8, 4) is 5.69 Å². The fourth-order valence-corrected chi connectivity index (χ4v) is 5.23. The lowest BCUT2D eigenvalue weighted by molar-refractivity contribution is -0.115. The topological polar surface area (TPSA) is 62.6 Å². The van der Waals surface area contributed by atoms with Gasteiger partial charge in [-0.25, -0.2) is 4.98 Å². The van der Waals surface area contributed by atoms with Gasteiger partial charge in [-0.1, -0.05) is 36.1 Å². The third-order valence-corrected chi connectivity index (χ3v) is 7.13. The van der Waals surface area contributed by atoms with Crippen LogP contribution in [0.1, 0.15) is 5.56 Å². The Kier molecular flexibility index (Phi) is 6.45. The summed E-state index contributed by atoms with van der Waals surface area (Å²) in [5.74, 6) is -0.145. The summed E-state index contributed by atoms with van der Waals surface area (Å²) in [5.41, 5.74) is 5.13. The molecule has 0 bridgehead atoms. The Bertz CT molecular complexity index is 1230. The predicted molar refractivity (Wildman–Crippen MR) is 138 cm³/mol. The number of hydrogen-bond donors (Lipinski definition) is 1. The summed E-state index contributed by atoms with van der Waals surface area (Å²) in [5, 5.41) is 2.66. The number of thiocarbonyl (C=S) groups is 1. The molecule has 1 N–H and O–H groups in total. The van der Waals surface area contributed by atoms with Crippen LogP contribution < -0.4 is 10.2 Å². The molecule has 2 aliphatic heterocycles. The van der Waals surface area contributed by atoms with Crippen LogP contribution in [0, 0.1) is 0 Å². The average molecular weight is 480 g/mol.